The van der Waals surface area contributed by atoms with E-state index in [4.69, 9.17) is 0 Å². The Morgan fingerprint density at radius 3 is 2.65 bits per heavy atom. The normalized spacial score (nSPS) is 20.2. The molecule has 2 aliphatic heterocycles. The highest BCUT2D eigenvalue weighted by molar-refractivity contribution is 7.15. The zero-order valence-corrected chi connectivity index (χ0v) is 15.5. The molecule has 2 aliphatic rings. The van der Waals surface area contributed by atoms with Crippen molar-refractivity contribution in [2.75, 3.05) is 26.2 Å². The standard InChI is InChI=1S/C18H20N4O3S/c1-11-12(2)26-18(20-5-3-4-6-20)15(11)17(25)21-7-8-22-13(10-21)16(24)19-9-14(22)23/h3-6,13H,7-10H2,1-2H3,(H,19,24)/t13-/m0/s1. The van der Waals surface area contributed by atoms with Crippen LogP contribution in [0.4, 0.5) is 0 Å². The van der Waals surface area contributed by atoms with Gasteiger partial charge in [0.2, 0.25) is 11.8 Å². The number of hydrogen-bond acceptors (Lipinski definition) is 4. The molecule has 8 heteroatoms. The SMILES string of the molecule is Cc1sc(-n2cccc2)c(C(=O)N2CCN3C(=O)CNC(=O)[C@@H]3C2)c1C. The van der Waals surface area contributed by atoms with Gasteiger partial charge in [-0.2, -0.15) is 0 Å². The third-order valence-electron chi connectivity index (χ3n) is 5.12. The summed E-state index contributed by atoms with van der Waals surface area (Å²) >= 11 is 1.59. The highest BCUT2D eigenvalue weighted by Crippen LogP contribution is 2.32. The van der Waals surface area contributed by atoms with E-state index in [1.54, 1.807) is 21.1 Å². The van der Waals surface area contributed by atoms with Gasteiger partial charge in [-0.3, -0.25) is 14.4 Å². The second-order valence-electron chi connectivity index (χ2n) is 6.63. The highest BCUT2D eigenvalue weighted by Gasteiger charge is 2.40. The minimum Gasteiger partial charge on any atom is -0.345 e. The van der Waals surface area contributed by atoms with Crippen LogP contribution in [0, 0.1) is 13.8 Å². The van der Waals surface area contributed by atoms with Crippen molar-refractivity contribution in [3.8, 4) is 5.00 Å². The van der Waals surface area contributed by atoms with E-state index in [0.717, 1.165) is 15.4 Å². The van der Waals surface area contributed by atoms with Crippen molar-refractivity contribution in [3.05, 3.63) is 40.5 Å². The average Bonchev–Trinajstić information content (AvgIpc) is 3.26. The number of carbonyl (C=O) groups is 3. The summed E-state index contributed by atoms with van der Waals surface area (Å²) in [6.07, 6.45) is 3.85. The van der Waals surface area contributed by atoms with Crippen LogP contribution < -0.4 is 5.32 Å². The number of hydrogen-bond donors (Lipinski definition) is 1. The van der Waals surface area contributed by atoms with Crippen molar-refractivity contribution < 1.29 is 14.4 Å². The first-order chi connectivity index (χ1) is 12.5. The molecule has 2 aromatic rings. The molecule has 7 nitrogen and oxygen atoms in total. The fourth-order valence-corrected chi connectivity index (χ4v) is 4.66. The van der Waals surface area contributed by atoms with Crippen molar-refractivity contribution in [3.63, 3.8) is 0 Å². The third kappa shape index (κ3) is 2.61. The van der Waals surface area contributed by atoms with E-state index in [2.05, 4.69) is 5.32 Å². The van der Waals surface area contributed by atoms with Gasteiger partial charge in [-0.05, 0) is 31.5 Å². The summed E-state index contributed by atoms with van der Waals surface area (Å²) in [5.74, 6) is -0.357. The molecule has 3 amide bonds. The smallest absolute Gasteiger partial charge is 0.257 e. The molecule has 4 rings (SSSR count). The van der Waals surface area contributed by atoms with Crippen LogP contribution in [0.15, 0.2) is 24.5 Å². The molecule has 1 atom stereocenters. The molecule has 136 valence electrons. The summed E-state index contributed by atoms with van der Waals surface area (Å²) in [6, 6.07) is 3.26. The number of aromatic nitrogens is 1. The summed E-state index contributed by atoms with van der Waals surface area (Å²) < 4.78 is 1.95. The Morgan fingerprint density at radius 1 is 1.19 bits per heavy atom. The van der Waals surface area contributed by atoms with Crippen molar-refractivity contribution >= 4 is 29.1 Å². The second-order valence-corrected chi connectivity index (χ2v) is 7.83. The minimum absolute atomic E-state index is 0.0455. The lowest BCUT2D eigenvalue weighted by atomic mass is 10.1. The number of thiophene rings is 1. The number of aryl methyl sites for hydroxylation is 1. The molecule has 2 saturated heterocycles. The Hall–Kier alpha value is -2.61. The molecule has 0 saturated carbocycles. The van der Waals surface area contributed by atoms with Crippen molar-refractivity contribution in [1.82, 2.24) is 19.7 Å². The molecule has 0 aromatic carbocycles. The molecule has 2 fully saturated rings. The predicted octanol–water partition coefficient (Wildman–Crippen LogP) is 0.938. The van der Waals surface area contributed by atoms with Crippen LogP contribution in [-0.2, 0) is 9.59 Å². The minimum atomic E-state index is -0.594. The molecule has 0 unspecified atom stereocenters. The fraction of sp³-hybridized carbons (Fsp3) is 0.389. The molecule has 1 N–H and O–H groups in total. The third-order valence-corrected chi connectivity index (χ3v) is 6.34. The lowest BCUT2D eigenvalue weighted by molar-refractivity contribution is -0.148. The Bertz CT molecular complexity index is 887. The largest absolute Gasteiger partial charge is 0.345 e. The van der Waals surface area contributed by atoms with Gasteiger partial charge in [0, 0.05) is 30.4 Å². The van der Waals surface area contributed by atoms with Crippen LogP contribution in [0.25, 0.3) is 5.00 Å². The lowest BCUT2D eigenvalue weighted by Gasteiger charge is -2.43. The maximum absolute atomic E-state index is 13.3. The van der Waals surface area contributed by atoms with E-state index in [-0.39, 0.29) is 30.8 Å². The fourth-order valence-electron chi connectivity index (χ4n) is 3.54. The Labute approximate surface area is 155 Å². The van der Waals surface area contributed by atoms with Gasteiger partial charge >= 0.3 is 0 Å². The van der Waals surface area contributed by atoms with E-state index in [1.165, 1.54) is 0 Å². The maximum atomic E-state index is 13.3. The summed E-state index contributed by atoms with van der Waals surface area (Å²) in [5, 5.41) is 3.50. The van der Waals surface area contributed by atoms with Crippen LogP contribution in [0.5, 0.6) is 0 Å². The van der Waals surface area contributed by atoms with Crippen LogP contribution in [0.1, 0.15) is 20.8 Å². The van der Waals surface area contributed by atoms with Gasteiger partial charge in [-0.15, -0.1) is 11.3 Å². The summed E-state index contributed by atoms with van der Waals surface area (Å²) in [4.78, 5) is 41.8. The summed E-state index contributed by atoms with van der Waals surface area (Å²) in [7, 11) is 0. The molecule has 0 bridgehead atoms. The van der Waals surface area contributed by atoms with Gasteiger partial charge < -0.3 is 19.7 Å². The van der Waals surface area contributed by atoms with Gasteiger partial charge in [0.25, 0.3) is 5.91 Å². The Kier molecular flexibility index (Phi) is 4.07. The summed E-state index contributed by atoms with van der Waals surface area (Å²) in [5.41, 5.74) is 1.65. The van der Waals surface area contributed by atoms with Gasteiger partial charge in [0.15, 0.2) is 0 Å². The van der Waals surface area contributed by atoms with E-state index >= 15 is 0 Å². The number of nitrogens with zero attached hydrogens (tertiary/aromatic N) is 3. The molecular formula is C18H20N4O3S. The molecule has 2 aromatic heterocycles. The predicted molar refractivity (Wildman–Crippen MR) is 97.5 cm³/mol. The molecule has 0 aliphatic carbocycles. The van der Waals surface area contributed by atoms with Gasteiger partial charge in [-0.25, -0.2) is 0 Å². The second kappa shape index (κ2) is 6.28. The van der Waals surface area contributed by atoms with Crippen LogP contribution in [0.3, 0.4) is 0 Å². The maximum Gasteiger partial charge on any atom is 0.257 e. The van der Waals surface area contributed by atoms with E-state index in [1.807, 2.05) is 42.9 Å². The first-order valence-electron chi connectivity index (χ1n) is 8.57. The van der Waals surface area contributed by atoms with Crippen molar-refractivity contribution in [1.29, 1.82) is 0 Å². The lowest BCUT2D eigenvalue weighted by Crippen LogP contribution is -2.66. The number of rotatable bonds is 2. The molecule has 4 heterocycles. The zero-order valence-electron chi connectivity index (χ0n) is 14.7. The highest BCUT2D eigenvalue weighted by atomic mass is 32.1. The molecular weight excluding hydrogens is 352 g/mol. The number of fused-ring (bicyclic) bond motifs is 1. The van der Waals surface area contributed by atoms with E-state index in [9.17, 15) is 14.4 Å². The summed E-state index contributed by atoms with van der Waals surface area (Å²) in [6.45, 7) is 5.07. The monoisotopic (exact) mass is 372 g/mol. The van der Waals surface area contributed by atoms with Crippen LogP contribution in [0.2, 0.25) is 0 Å². The van der Waals surface area contributed by atoms with E-state index in [0.29, 0.717) is 18.7 Å². The first-order valence-corrected chi connectivity index (χ1v) is 9.39. The number of amides is 3. The van der Waals surface area contributed by atoms with Gasteiger partial charge in [0.05, 0.1) is 18.7 Å². The van der Waals surface area contributed by atoms with Crippen molar-refractivity contribution in [2.45, 2.75) is 19.9 Å². The number of piperazine rings is 2. The number of nitrogens with one attached hydrogen (secondary N) is 1. The molecule has 0 spiro atoms. The Balaban J connectivity index is 1.65. The molecule has 26 heavy (non-hydrogen) atoms. The van der Waals surface area contributed by atoms with Crippen LogP contribution in [-0.4, -0.2) is 64.3 Å². The quantitative estimate of drug-likeness (QED) is 0.853. The topological polar surface area (TPSA) is 74.7 Å². The van der Waals surface area contributed by atoms with Gasteiger partial charge in [-0.1, -0.05) is 0 Å². The number of carbonyl (C=O) groups excluding carboxylic acids is 3. The van der Waals surface area contributed by atoms with Gasteiger partial charge in [0.1, 0.15) is 11.0 Å². The van der Waals surface area contributed by atoms with E-state index < -0.39 is 6.04 Å². The molecule has 0 radical (unpaired) electrons. The van der Waals surface area contributed by atoms with Crippen molar-refractivity contribution in [2.24, 2.45) is 0 Å². The average molecular weight is 372 g/mol. The Morgan fingerprint density at radius 2 is 1.92 bits per heavy atom. The zero-order chi connectivity index (χ0) is 18.4. The van der Waals surface area contributed by atoms with Crippen LogP contribution >= 0.6 is 11.3 Å². The first kappa shape index (κ1) is 16.8.